The van der Waals surface area contributed by atoms with Crippen molar-refractivity contribution in [2.45, 2.75) is 6.54 Å². The van der Waals surface area contributed by atoms with Crippen molar-refractivity contribution in [1.82, 2.24) is 10.2 Å². The summed E-state index contributed by atoms with van der Waals surface area (Å²) in [6.07, 6.45) is 0. The lowest BCUT2D eigenvalue weighted by molar-refractivity contribution is 0.229. The summed E-state index contributed by atoms with van der Waals surface area (Å²) in [5, 5.41) is 3.36. The second kappa shape index (κ2) is 6.41. The van der Waals surface area contributed by atoms with E-state index in [2.05, 4.69) is 26.1 Å². The average molecular weight is 315 g/mol. The largest absolute Gasteiger partial charge is 0.497 e. The van der Waals surface area contributed by atoms with Gasteiger partial charge in [0, 0.05) is 38.3 Å². The Morgan fingerprint density at radius 1 is 1.22 bits per heavy atom. The highest BCUT2D eigenvalue weighted by atomic mass is 79.9. The Labute approximate surface area is 116 Å². The Kier molecular flexibility index (Phi) is 4.86. The quantitative estimate of drug-likeness (QED) is 0.920. The summed E-state index contributed by atoms with van der Waals surface area (Å²) < 4.78 is 11.7. The predicted octanol–water partition coefficient (Wildman–Crippen LogP) is 1.87. The molecular formula is C13H19BrN2O2. The maximum Gasteiger partial charge on any atom is 0.137 e. The lowest BCUT2D eigenvalue weighted by Crippen LogP contribution is -2.42. The molecule has 1 N–H and O–H groups in total. The summed E-state index contributed by atoms with van der Waals surface area (Å²) in [5.41, 5.74) is 1.16. The normalized spacial score (nSPS) is 16.6. The van der Waals surface area contributed by atoms with Gasteiger partial charge in [0.05, 0.1) is 18.7 Å². The Morgan fingerprint density at radius 2 is 1.94 bits per heavy atom. The molecule has 2 rings (SSSR count). The molecule has 5 heteroatoms. The van der Waals surface area contributed by atoms with Crippen LogP contribution in [0.15, 0.2) is 16.6 Å². The Hall–Kier alpha value is -0.780. The van der Waals surface area contributed by atoms with Crippen LogP contribution in [0.3, 0.4) is 0 Å². The van der Waals surface area contributed by atoms with Crippen LogP contribution in [0.1, 0.15) is 5.56 Å². The van der Waals surface area contributed by atoms with Crippen LogP contribution in [0.5, 0.6) is 11.5 Å². The summed E-state index contributed by atoms with van der Waals surface area (Å²) in [6.45, 7) is 5.12. The second-order valence-electron chi connectivity index (χ2n) is 4.33. The van der Waals surface area contributed by atoms with Gasteiger partial charge in [-0.15, -0.1) is 0 Å². The van der Waals surface area contributed by atoms with E-state index < -0.39 is 0 Å². The number of hydrogen-bond acceptors (Lipinski definition) is 4. The minimum absolute atomic E-state index is 0.854. The van der Waals surface area contributed by atoms with Crippen LogP contribution < -0.4 is 14.8 Å². The maximum absolute atomic E-state index is 5.47. The third kappa shape index (κ3) is 3.16. The number of halogens is 1. The van der Waals surface area contributed by atoms with Crippen LogP contribution >= 0.6 is 15.9 Å². The monoisotopic (exact) mass is 314 g/mol. The van der Waals surface area contributed by atoms with E-state index in [1.165, 1.54) is 0 Å². The molecule has 1 aromatic carbocycles. The lowest BCUT2D eigenvalue weighted by Gasteiger charge is -2.28. The number of nitrogens with one attached hydrogen (secondary N) is 1. The van der Waals surface area contributed by atoms with Crippen LogP contribution in [-0.4, -0.2) is 45.3 Å². The first-order valence-electron chi connectivity index (χ1n) is 6.08. The third-order valence-corrected chi connectivity index (χ3v) is 3.73. The standard InChI is InChI=1S/C13H19BrN2O2/c1-17-11-7-10(13(18-2)12(14)8-11)9-16-5-3-15-4-6-16/h7-8,15H,3-6,9H2,1-2H3. The number of nitrogens with zero attached hydrogens (tertiary/aromatic N) is 1. The van der Waals surface area contributed by atoms with Crippen LogP contribution in [0.25, 0.3) is 0 Å². The summed E-state index contributed by atoms with van der Waals surface area (Å²) in [4.78, 5) is 2.42. The number of methoxy groups -OCH3 is 2. The van der Waals surface area contributed by atoms with Crippen molar-refractivity contribution < 1.29 is 9.47 Å². The molecule has 0 unspecified atom stereocenters. The minimum atomic E-state index is 0.854. The first kappa shape index (κ1) is 13.6. The smallest absolute Gasteiger partial charge is 0.137 e. The Morgan fingerprint density at radius 3 is 2.56 bits per heavy atom. The van der Waals surface area contributed by atoms with Crippen molar-refractivity contribution >= 4 is 15.9 Å². The van der Waals surface area contributed by atoms with Gasteiger partial charge < -0.3 is 14.8 Å². The van der Waals surface area contributed by atoms with Crippen molar-refractivity contribution in [3.05, 3.63) is 22.2 Å². The molecule has 0 aromatic heterocycles. The molecule has 1 saturated heterocycles. The second-order valence-corrected chi connectivity index (χ2v) is 5.18. The zero-order chi connectivity index (χ0) is 13.0. The summed E-state index contributed by atoms with van der Waals surface area (Å²) in [6, 6.07) is 3.98. The van der Waals surface area contributed by atoms with E-state index in [1.807, 2.05) is 12.1 Å². The molecule has 0 amide bonds. The molecule has 1 fully saturated rings. The SMILES string of the molecule is COc1cc(Br)c(OC)c(CN2CCNCC2)c1. The number of hydrogen-bond donors (Lipinski definition) is 1. The highest BCUT2D eigenvalue weighted by molar-refractivity contribution is 9.10. The van der Waals surface area contributed by atoms with E-state index in [4.69, 9.17) is 9.47 Å². The third-order valence-electron chi connectivity index (χ3n) is 3.14. The van der Waals surface area contributed by atoms with Crippen LogP contribution in [0, 0.1) is 0 Å². The molecule has 4 nitrogen and oxygen atoms in total. The summed E-state index contributed by atoms with van der Waals surface area (Å²) in [5.74, 6) is 1.75. The fraction of sp³-hybridized carbons (Fsp3) is 0.538. The van der Waals surface area contributed by atoms with E-state index in [9.17, 15) is 0 Å². The van der Waals surface area contributed by atoms with Crippen LogP contribution in [0.4, 0.5) is 0 Å². The molecule has 1 heterocycles. The van der Waals surface area contributed by atoms with Gasteiger partial charge in [0.1, 0.15) is 11.5 Å². The first-order valence-corrected chi connectivity index (χ1v) is 6.87. The molecule has 1 aliphatic heterocycles. The van der Waals surface area contributed by atoms with E-state index in [0.717, 1.165) is 54.3 Å². The fourth-order valence-corrected chi connectivity index (χ4v) is 2.84. The number of benzene rings is 1. The number of piperazine rings is 1. The van der Waals surface area contributed by atoms with Gasteiger partial charge in [-0.3, -0.25) is 4.90 Å². The van der Waals surface area contributed by atoms with Crippen LogP contribution in [-0.2, 0) is 6.54 Å². The Bertz CT molecular complexity index is 406. The average Bonchev–Trinajstić information content (AvgIpc) is 2.39. The van der Waals surface area contributed by atoms with Crippen molar-refractivity contribution in [3.63, 3.8) is 0 Å². The van der Waals surface area contributed by atoms with Gasteiger partial charge >= 0.3 is 0 Å². The van der Waals surface area contributed by atoms with Gasteiger partial charge in [0.2, 0.25) is 0 Å². The fourth-order valence-electron chi connectivity index (χ4n) is 2.20. The zero-order valence-electron chi connectivity index (χ0n) is 10.8. The molecule has 1 aromatic rings. The molecular weight excluding hydrogens is 296 g/mol. The molecule has 0 atom stereocenters. The lowest BCUT2D eigenvalue weighted by atomic mass is 10.1. The maximum atomic E-state index is 5.47. The summed E-state index contributed by atoms with van der Waals surface area (Å²) >= 11 is 3.53. The van der Waals surface area contributed by atoms with E-state index >= 15 is 0 Å². The molecule has 0 radical (unpaired) electrons. The van der Waals surface area contributed by atoms with Gasteiger partial charge in [-0.1, -0.05) is 0 Å². The zero-order valence-corrected chi connectivity index (χ0v) is 12.4. The van der Waals surface area contributed by atoms with Gasteiger partial charge in [-0.05, 0) is 28.1 Å². The highest BCUT2D eigenvalue weighted by Crippen LogP contribution is 2.34. The van der Waals surface area contributed by atoms with Gasteiger partial charge in [0.15, 0.2) is 0 Å². The van der Waals surface area contributed by atoms with Crippen LogP contribution in [0.2, 0.25) is 0 Å². The topological polar surface area (TPSA) is 33.7 Å². The molecule has 0 bridgehead atoms. The minimum Gasteiger partial charge on any atom is -0.497 e. The van der Waals surface area contributed by atoms with Crippen molar-refractivity contribution in [2.24, 2.45) is 0 Å². The number of rotatable bonds is 4. The molecule has 1 aliphatic rings. The van der Waals surface area contributed by atoms with Crippen molar-refractivity contribution in [3.8, 4) is 11.5 Å². The van der Waals surface area contributed by atoms with E-state index in [-0.39, 0.29) is 0 Å². The highest BCUT2D eigenvalue weighted by Gasteiger charge is 2.15. The molecule has 0 aliphatic carbocycles. The summed E-state index contributed by atoms with van der Waals surface area (Å²) in [7, 11) is 3.39. The van der Waals surface area contributed by atoms with Gasteiger partial charge in [-0.2, -0.15) is 0 Å². The molecule has 18 heavy (non-hydrogen) atoms. The molecule has 0 saturated carbocycles. The van der Waals surface area contributed by atoms with Gasteiger partial charge in [0.25, 0.3) is 0 Å². The van der Waals surface area contributed by atoms with E-state index in [0.29, 0.717) is 0 Å². The number of ether oxygens (including phenoxy) is 2. The van der Waals surface area contributed by atoms with Gasteiger partial charge in [-0.25, -0.2) is 0 Å². The first-order chi connectivity index (χ1) is 8.74. The molecule has 0 spiro atoms. The van der Waals surface area contributed by atoms with E-state index in [1.54, 1.807) is 14.2 Å². The van der Waals surface area contributed by atoms with Crippen molar-refractivity contribution in [2.75, 3.05) is 40.4 Å². The Balaban J connectivity index is 2.20. The van der Waals surface area contributed by atoms with Crippen molar-refractivity contribution in [1.29, 1.82) is 0 Å². The molecule has 100 valence electrons. The predicted molar refractivity (Wildman–Crippen MR) is 75.4 cm³/mol.